The Labute approximate surface area is 303 Å². The third-order valence-corrected chi connectivity index (χ3v) is 9.43. The molecule has 1 aliphatic rings. The van der Waals surface area contributed by atoms with E-state index in [-0.39, 0.29) is 12.6 Å². The number of carbonyl (C=O) groups is 5. The highest BCUT2D eigenvalue weighted by Gasteiger charge is 2.48. The fourth-order valence-corrected chi connectivity index (χ4v) is 6.39. The maximum absolute atomic E-state index is 12.1. The van der Waals surface area contributed by atoms with Crippen LogP contribution in [0.25, 0.3) is 0 Å². The standard InChI is InChI=1S/C39H60O12/c1-23(14-12-16-25(3)18-20-35(44)45-10)13-11-15-24(2)17-19-32-21-33(26(4)27(5)36(32)48-29(7)41)51-39-38(50-31(9)43)37(49-30(8)42)34(22-46-39)47-28(6)40/h21,23-25,34,37-39H,11-20,22H2,1-10H3/t23?,24?,25?,34-,37+,38-,39+/m1/s1. The predicted octanol–water partition coefficient (Wildman–Crippen LogP) is 6.89. The second-order valence-electron chi connectivity index (χ2n) is 14.2. The molecular formula is C39H60O12. The fraction of sp³-hybridized carbons (Fsp3) is 0.718. The molecule has 0 bridgehead atoms. The molecule has 1 fully saturated rings. The van der Waals surface area contributed by atoms with Crippen molar-refractivity contribution in [1.29, 1.82) is 0 Å². The second kappa shape index (κ2) is 21.6. The van der Waals surface area contributed by atoms with Gasteiger partial charge in [0, 0.05) is 34.1 Å². The zero-order chi connectivity index (χ0) is 38.2. The normalized spacial score (nSPS) is 20.4. The van der Waals surface area contributed by atoms with Crippen LogP contribution < -0.4 is 9.47 Å². The molecule has 1 aromatic rings. The summed E-state index contributed by atoms with van der Waals surface area (Å²) in [7, 11) is 1.43. The van der Waals surface area contributed by atoms with Crippen molar-refractivity contribution in [1.82, 2.24) is 0 Å². The van der Waals surface area contributed by atoms with Gasteiger partial charge in [-0.3, -0.25) is 24.0 Å². The van der Waals surface area contributed by atoms with Gasteiger partial charge in [0.1, 0.15) is 11.5 Å². The Bertz CT molecular complexity index is 1320. The second-order valence-corrected chi connectivity index (χ2v) is 14.2. The monoisotopic (exact) mass is 720 g/mol. The zero-order valence-corrected chi connectivity index (χ0v) is 32.3. The molecule has 0 saturated carbocycles. The molecule has 0 amide bonds. The Morgan fingerprint density at radius 2 is 1.25 bits per heavy atom. The summed E-state index contributed by atoms with van der Waals surface area (Å²) in [5.41, 5.74) is 2.19. The van der Waals surface area contributed by atoms with Crippen LogP contribution in [-0.4, -0.2) is 68.2 Å². The van der Waals surface area contributed by atoms with Gasteiger partial charge in [0.2, 0.25) is 12.4 Å². The van der Waals surface area contributed by atoms with Crippen LogP contribution >= 0.6 is 0 Å². The van der Waals surface area contributed by atoms with Crippen molar-refractivity contribution in [2.75, 3.05) is 13.7 Å². The van der Waals surface area contributed by atoms with E-state index >= 15 is 0 Å². The van der Waals surface area contributed by atoms with Crippen molar-refractivity contribution in [2.24, 2.45) is 17.8 Å². The van der Waals surface area contributed by atoms with E-state index in [0.29, 0.717) is 53.2 Å². The van der Waals surface area contributed by atoms with E-state index in [9.17, 15) is 24.0 Å². The van der Waals surface area contributed by atoms with Crippen LogP contribution in [0.4, 0.5) is 0 Å². The molecule has 2 rings (SSSR count). The molecule has 1 aromatic carbocycles. The molecule has 1 saturated heterocycles. The maximum Gasteiger partial charge on any atom is 0.308 e. The van der Waals surface area contributed by atoms with Crippen LogP contribution in [0.2, 0.25) is 0 Å². The molecule has 288 valence electrons. The van der Waals surface area contributed by atoms with Crippen molar-refractivity contribution >= 4 is 29.8 Å². The molecule has 7 atom stereocenters. The van der Waals surface area contributed by atoms with Crippen LogP contribution in [0.3, 0.4) is 0 Å². The quantitative estimate of drug-likeness (QED) is 0.0784. The van der Waals surface area contributed by atoms with Crippen LogP contribution in [0, 0.1) is 31.6 Å². The van der Waals surface area contributed by atoms with E-state index in [1.54, 1.807) is 0 Å². The van der Waals surface area contributed by atoms with Gasteiger partial charge in [-0.2, -0.15) is 0 Å². The first-order valence-electron chi connectivity index (χ1n) is 18.2. The lowest BCUT2D eigenvalue weighted by Crippen LogP contribution is -2.59. The van der Waals surface area contributed by atoms with Crippen molar-refractivity contribution in [3.05, 3.63) is 22.8 Å². The lowest BCUT2D eigenvalue weighted by Gasteiger charge is -2.40. The number of hydrogen-bond acceptors (Lipinski definition) is 12. The maximum atomic E-state index is 12.1. The predicted molar refractivity (Wildman–Crippen MR) is 189 cm³/mol. The van der Waals surface area contributed by atoms with E-state index in [0.717, 1.165) is 50.5 Å². The van der Waals surface area contributed by atoms with Crippen molar-refractivity contribution < 1.29 is 57.1 Å². The zero-order valence-electron chi connectivity index (χ0n) is 32.3. The molecule has 0 aliphatic carbocycles. The molecule has 0 N–H and O–H groups in total. The van der Waals surface area contributed by atoms with Crippen molar-refractivity contribution in [3.63, 3.8) is 0 Å². The average molecular weight is 721 g/mol. The molecule has 1 heterocycles. The van der Waals surface area contributed by atoms with Crippen LogP contribution in [0.1, 0.15) is 123 Å². The first-order chi connectivity index (χ1) is 24.0. The summed E-state index contributed by atoms with van der Waals surface area (Å²) in [5.74, 6) is -0.0405. The lowest BCUT2D eigenvalue weighted by atomic mass is 9.90. The minimum atomic E-state index is -1.24. The van der Waals surface area contributed by atoms with Gasteiger partial charge in [0.05, 0.1) is 13.7 Å². The minimum absolute atomic E-state index is 0.144. The van der Waals surface area contributed by atoms with Gasteiger partial charge < -0.3 is 33.2 Å². The number of benzene rings is 1. The van der Waals surface area contributed by atoms with Crippen LogP contribution in [0.5, 0.6) is 11.5 Å². The topological polar surface area (TPSA) is 150 Å². The summed E-state index contributed by atoms with van der Waals surface area (Å²) in [6.07, 6.45) is 4.99. The lowest BCUT2D eigenvalue weighted by molar-refractivity contribution is -0.259. The van der Waals surface area contributed by atoms with Gasteiger partial charge in [0.25, 0.3) is 0 Å². The molecule has 1 aliphatic heterocycles. The van der Waals surface area contributed by atoms with Gasteiger partial charge in [-0.15, -0.1) is 0 Å². The van der Waals surface area contributed by atoms with E-state index in [1.165, 1.54) is 41.2 Å². The van der Waals surface area contributed by atoms with Gasteiger partial charge in [-0.1, -0.05) is 59.3 Å². The molecule has 12 heteroatoms. The largest absolute Gasteiger partial charge is 0.469 e. The third-order valence-electron chi connectivity index (χ3n) is 9.43. The molecule has 0 aromatic heterocycles. The Balaban J connectivity index is 2.12. The Kier molecular flexibility index (Phi) is 18.5. The van der Waals surface area contributed by atoms with E-state index in [2.05, 4.69) is 20.8 Å². The summed E-state index contributed by atoms with van der Waals surface area (Å²) in [5, 5.41) is 0. The smallest absolute Gasteiger partial charge is 0.308 e. The van der Waals surface area contributed by atoms with Gasteiger partial charge in [0.15, 0.2) is 12.2 Å². The first kappa shape index (κ1) is 43.5. The summed E-state index contributed by atoms with van der Waals surface area (Å²) in [4.78, 5) is 59.4. The van der Waals surface area contributed by atoms with Crippen molar-refractivity contribution in [2.45, 2.75) is 151 Å². The molecule has 0 spiro atoms. The van der Waals surface area contributed by atoms with E-state index in [4.69, 9.17) is 33.2 Å². The summed E-state index contributed by atoms with van der Waals surface area (Å²) >= 11 is 0. The summed E-state index contributed by atoms with van der Waals surface area (Å²) in [6, 6.07) is 1.81. The highest BCUT2D eigenvalue weighted by atomic mass is 16.7. The number of aryl methyl sites for hydroxylation is 1. The van der Waals surface area contributed by atoms with Crippen molar-refractivity contribution in [3.8, 4) is 11.5 Å². The van der Waals surface area contributed by atoms with Crippen LogP contribution in [0.15, 0.2) is 6.07 Å². The molecule has 0 radical (unpaired) electrons. The number of rotatable bonds is 20. The Hall–Kier alpha value is -3.67. The molecule has 51 heavy (non-hydrogen) atoms. The number of esters is 5. The SMILES string of the molecule is COC(=O)CCC(C)CCCC(C)CCCC(C)CCc1cc(O[C@@H]2OC[C@@H](OC(C)=O)[C@H](OC(C)=O)[C@H]2OC(C)=O)c(C)c(C)c1OC(C)=O. The van der Waals surface area contributed by atoms with Gasteiger partial charge in [-0.25, -0.2) is 0 Å². The number of methoxy groups -OCH3 is 1. The Morgan fingerprint density at radius 3 is 1.78 bits per heavy atom. The number of hydrogen-bond donors (Lipinski definition) is 0. The molecule has 12 nitrogen and oxygen atoms in total. The number of carbonyl (C=O) groups excluding carboxylic acids is 5. The minimum Gasteiger partial charge on any atom is -0.469 e. The summed E-state index contributed by atoms with van der Waals surface area (Å²) < 4.78 is 39.0. The Morgan fingerprint density at radius 1 is 0.725 bits per heavy atom. The van der Waals surface area contributed by atoms with Crippen LogP contribution in [-0.2, 0) is 54.1 Å². The molecule has 3 unspecified atom stereocenters. The highest BCUT2D eigenvalue weighted by molar-refractivity contribution is 5.71. The van der Waals surface area contributed by atoms with Gasteiger partial charge in [-0.05, 0) is 73.6 Å². The average Bonchev–Trinajstić information content (AvgIpc) is 3.04. The highest BCUT2D eigenvalue weighted by Crippen LogP contribution is 2.37. The molecular weight excluding hydrogens is 660 g/mol. The first-order valence-corrected chi connectivity index (χ1v) is 18.2. The summed E-state index contributed by atoms with van der Waals surface area (Å²) in [6.45, 7) is 15.2. The number of ether oxygens (including phenoxy) is 7. The third kappa shape index (κ3) is 15.2. The van der Waals surface area contributed by atoms with E-state index < -0.39 is 48.5 Å². The van der Waals surface area contributed by atoms with E-state index in [1.807, 2.05) is 19.9 Å². The fourth-order valence-electron chi connectivity index (χ4n) is 6.39. The van der Waals surface area contributed by atoms with Gasteiger partial charge >= 0.3 is 29.8 Å².